The summed E-state index contributed by atoms with van der Waals surface area (Å²) in [5, 5.41) is 30.3. The van der Waals surface area contributed by atoms with Crippen LogP contribution in [0.15, 0.2) is 23.8 Å². The van der Waals surface area contributed by atoms with E-state index >= 15 is 0 Å². The van der Waals surface area contributed by atoms with Crippen molar-refractivity contribution in [3.8, 4) is 0 Å². The van der Waals surface area contributed by atoms with E-state index < -0.39 is 12.2 Å². The van der Waals surface area contributed by atoms with Gasteiger partial charge in [-0.3, -0.25) is 0 Å². The Hall–Kier alpha value is 0.0900. The van der Waals surface area contributed by atoms with Gasteiger partial charge in [-0.2, -0.15) is 0 Å². The minimum atomic E-state index is -0.449. The van der Waals surface area contributed by atoms with Gasteiger partial charge in [0.1, 0.15) is 0 Å². The smallest absolute Gasteiger partial charge is 0.0654 e. The predicted molar refractivity (Wildman–Crippen MR) is 97.9 cm³/mol. The van der Waals surface area contributed by atoms with E-state index in [2.05, 4.69) is 54.7 Å². The molecule has 1 unspecified atom stereocenters. The molecule has 3 N–H and O–H groups in total. The average molecular weight is 420 g/mol. The first-order valence-corrected chi connectivity index (χ1v) is 9.95. The molecule has 0 spiro atoms. The van der Waals surface area contributed by atoms with E-state index in [1.807, 2.05) is 0 Å². The zero-order chi connectivity index (χ0) is 16.3. The van der Waals surface area contributed by atoms with Crippen LogP contribution in [0.3, 0.4) is 0 Å². The van der Waals surface area contributed by atoms with Crippen LogP contribution in [0, 0.1) is 23.7 Å². The van der Waals surface area contributed by atoms with E-state index in [0.29, 0.717) is 35.0 Å². The summed E-state index contributed by atoms with van der Waals surface area (Å²) in [6.45, 7) is 4.36. The summed E-state index contributed by atoms with van der Waals surface area (Å²) < 4.78 is 0.656. The van der Waals surface area contributed by atoms with Crippen LogP contribution in [0.25, 0.3) is 0 Å². The average Bonchev–Trinajstić information content (AvgIpc) is 2.46. The minimum absolute atomic E-state index is 0.206. The lowest BCUT2D eigenvalue weighted by atomic mass is 9.65. The van der Waals surface area contributed by atoms with Crippen molar-refractivity contribution in [1.29, 1.82) is 0 Å². The second-order valence-corrected chi connectivity index (χ2v) is 8.01. The maximum Gasteiger partial charge on any atom is 0.0654 e. The molecular weight excluding hydrogens is 391 g/mol. The van der Waals surface area contributed by atoms with Crippen molar-refractivity contribution in [2.24, 2.45) is 23.7 Å². The van der Waals surface area contributed by atoms with Crippen molar-refractivity contribution >= 4 is 22.6 Å². The summed E-state index contributed by atoms with van der Waals surface area (Å²) in [5.41, 5.74) is 1.27. The van der Waals surface area contributed by atoms with Crippen LogP contribution in [0.1, 0.15) is 39.5 Å². The monoisotopic (exact) mass is 420 g/mol. The summed E-state index contributed by atoms with van der Waals surface area (Å²) in [5.74, 6) is 1.44. The molecule has 0 saturated carbocycles. The lowest BCUT2D eigenvalue weighted by Crippen LogP contribution is -2.38. The number of rotatable bonds is 6. The number of hydrogen-bond donors (Lipinski definition) is 3. The summed E-state index contributed by atoms with van der Waals surface area (Å²) in [6.07, 6.45) is 8.45. The maximum absolute atomic E-state index is 10.5. The molecule has 4 heteroatoms. The van der Waals surface area contributed by atoms with Gasteiger partial charge in [0.15, 0.2) is 0 Å². The Morgan fingerprint density at radius 1 is 1.27 bits per heavy atom. The molecule has 2 aliphatic rings. The van der Waals surface area contributed by atoms with Gasteiger partial charge in [-0.15, -0.1) is 0 Å². The van der Waals surface area contributed by atoms with Crippen molar-refractivity contribution in [2.75, 3.05) is 4.43 Å². The molecule has 0 aromatic carbocycles. The van der Waals surface area contributed by atoms with Crippen LogP contribution in [0.2, 0.25) is 0 Å². The molecular formula is C18H29IO3. The number of aliphatic hydroxyl groups is 3. The highest BCUT2D eigenvalue weighted by molar-refractivity contribution is 14.1. The second-order valence-electron chi connectivity index (χ2n) is 7.13. The number of aliphatic hydroxyl groups excluding tert-OH is 3. The molecule has 0 aromatic heterocycles. The van der Waals surface area contributed by atoms with Crippen LogP contribution in [0.5, 0.6) is 0 Å². The van der Waals surface area contributed by atoms with Crippen molar-refractivity contribution in [2.45, 2.75) is 57.8 Å². The molecule has 7 atom stereocenters. The van der Waals surface area contributed by atoms with Gasteiger partial charge in [0.2, 0.25) is 0 Å². The number of hydrogen-bond acceptors (Lipinski definition) is 3. The van der Waals surface area contributed by atoms with Crippen LogP contribution in [-0.4, -0.2) is 38.1 Å². The maximum atomic E-state index is 10.5. The molecule has 0 bridgehead atoms. The first-order valence-electron chi connectivity index (χ1n) is 8.42. The largest absolute Gasteiger partial charge is 0.393 e. The van der Waals surface area contributed by atoms with E-state index in [1.54, 1.807) is 0 Å². The molecule has 0 radical (unpaired) electrons. The summed E-state index contributed by atoms with van der Waals surface area (Å²) >= 11 is 2.14. The zero-order valence-electron chi connectivity index (χ0n) is 13.5. The van der Waals surface area contributed by atoms with Crippen molar-refractivity contribution in [3.63, 3.8) is 0 Å². The number of alkyl halides is 1. The van der Waals surface area contributed by atoms with Gasteiger partial charge >= 0.3 is 0 Å². The molecule has 22 heavy (non-hydrogen) atoms. The van der Waals surface area contributed by atoms with E-state index in [4.69, 9.17) is 0 Å². The van der Waals surface area contributed by atoms with Gasteiger partial charge in [-0.1, -0.05) is 54.7 Å². The Labute approximate surface area is 147 Å². The predicted octanol–water partition coefficient (Wildman–Crippen LogP) is 3.08. The molecule has 0 saturated heterocycles. The fourth-order valence-corrected chi connectivity index (χ4v) is 4.37. The first-order chi connectivity index (χ1) is 10.4. The lowest BCUT2D eigenvalue weighted by molar-refractivity contribution is 0.0401. The lowest BCUT2D eigenvalue weighted by Gasteiger charge is -2.41. The standard InChI is InChI=1S/C18H29IO3/c1-11-7-13-4-3-12(2)16(18(13)17(22)8-11)6-5-14(20)9-15(21)10-19/h3-4,7,11-12,14-18,20-22H,5-6,8-10H2,1-2H3/t11-,12-,14+,15+,16-,17-,18?/m0/s1. The highest BCUT2D eigenvalue weighted by atomic mass is 127. The van der Waals surface area contributed by atoms with Crippen molar-refractivity contribution in [1.82, 2.24) is 0 Å². The number of halogens is 1. The Balaban J connectivity index is 2.00. The minimum Gasteiger partial charge on any atom is -0.393 e. The highest BCUT2D eigenvalue weighted by Crippen LogP contribution is 2.43. The van der Waals surface area contributed by atoms with Crippen molar-refractivity contribution in [3.05, 3.63) is 23.8 Å². The highest BCUT2D eigenvalue weighted by Gasteiger charge is 2.38. The summed E-state index contributed by atoms with van der Waals surface area (Å²) in [4.78, 5) is 0. The quantitative estimate of drug-likeness (QED) is 0.457. The number of fused-ring (bicyclic) bond motifs is 1. The van der Waals surface area contributed by atoms with Gasteiger partial charge in [0.05, 0.1) is 18.3 Å². The molecule has 0 aromatic rings. The van der Waals surface area contributed by atoms with Crippen LogP contribution >= 0.6 is 22.6 Å². The van der Waals surface area contributed by atoms with Crippen LogP contribution < -0.4 is 0 Å². The van der Waals surface area contributed by atoms with Crippen molar-refractivity contribution < 1.29 is 15.3 Å². The molecule has 126 valence electrons. The molecule has 0 heterocycles. The first kappa shape index (κ1) is 18.4. The second kappa shape index (κ2) is 8.27. The zero-order valence-corrected chi connectivity index (χ0v) is 15.7. The third-order valence-corrected chi connectivity index (χ3v) is 6.19. The van der Waals surface area contributed by atoms with Gasteiger partial charge in [0, 0.05) is 10.3 Å². The van der Waals surface area contributed by atoms with E-state index in [1.165, 1.54) is 5.57 Å². The molecule has 2 aliphatic carbocycles. The Morgan fingerprint density at radius 2 is 2.00 bits per heavy atom. The third-order valence-electron chi connectivity index (χ3n) is 5.17. The molecule has 0 aliphatic heterocycles. The van der Waals surface area contributed by atoms with E-state index in [-0.39, 0.29) is 12.0 Å². The fourth-order valence-electron chi connectivity index (χ4n) is 4.01. The fraction of sp³-hybridized carbons (Fsp3) is 0.778. The molecule has 3 nitrogen and oxygen atoms in total. The Morgan fingerprint density at radius 3 is 2.68 bits per heavy atom. The van der Waals surface area contributed by atoms with Gasteiger partial charge in [-0.25, -0.2) is 0 Å². The van der Waals surface area contributed by atoms with E-state index in [0.717, 1.165) is 12.8 Å². The molecule has 0 amide bonds. The molecule has 2 rings (SSSR count). The van der Waals surface area contributed by atoms with Gasteiger partial charge in [0.25, 0.3) is 0 Å². The van der Waals surface area contributed by atoms with Crippen LogP contribution in [0.4, 0.5) is 0 Å². The topological polar surface area (TPSA) is 60.7 Å². The van der Waals surface area contributed by atoms with Gasteiger partial charge < -0.3 is 15.3 Å². The normalized spacial score (nSPS) is 37.4. The number of allylic oxidation sites excluding steroid dienone is 3. The SMILES string of the molecule is C[C@H]1C=C2C=C[C@H](C)[C@H](CC[C@@H](O)C[C@@H](O)CI)C2[C@@H](O)C1. The third kappa shape index (κ3) is 4.56. The summed E-state index contributed by atoms with van der Waals surface area (Å²) in [7, 11) is 0. The van der Waals surface area contributed by atoms with Gasteiger partial charge in [-0.05, 0) is 49.0 Å². The Bertz CT molecular complexity index is 421. The van der Waals surface area contributed by atoms with E-state index in [9.17, 15) is 15.3 Å². The Kier molecular flexibility index (Phi) is 6.92. The molecule has 0 fully saturated rings. The van der Waals surface area contributed by atoms with Crippen LogP contribution in [-0.2, 0) is 0 Å². The summed E-state index contributed by atoms with van der Waals surface area (Å²) in [6, 6.07) is 0.